The predicted octanol–water partition coefficient (Wildman–Crippen LogP) is 3.99. The zero-order valence-corrected chi connectivity index (χ0v) is 16.6. The van der Waals surface area contributed by atoms with E-state index < -0.39 is 17.1 Å². The third kappa shape index (κ3) is 4.26. The number of aryl methyl sites for hydroxylation is 1. The third-order valence-corrected chi connectivity index (χ3v) is 5.37. The molecule has 0 aliphatic carbocycles. The summed E-state index contributed by atoms with van der Waals surface area (Å²) >= 11 is 0.828. The van der Waals surface area contributed by atoms with E-state index in [2.05, 4.69) is 5.32 Å². The first kappa shape index (κ1) is 19.7. The molecule has 1 N–H and O–H groups in total. The van der Waals surface area contributed by atoms with Crippen molar-refractivity contribution in [1.29, 1.82) is 0 Å². The normalized spacial score (nSPS) is 15.2. The summed E-state index contributed by atoms with van der Waals surface area (Å²) < 4.78 is 5.10. The maximum Gasteiger partial charge on any atom is 0.294 e. The summed E-state index contributed by atoms with van der Waals surface area (Å²) in [6.45, 7) is 3.53. The number of hydrogen-bond donors (Lipinski definition) is 1. The van der Waals surface area contributed by atoms with Crippen LogP contribution in [0.2, 0.25) is 0 Å². The number of methoxy groups -OCH3 is 1. The van der Waals surface area contributed by atoms with Crippen LogP contribution >= 0.6 is 11.8 Å². The molecule has 1 aliphatic heterocycles. The summed E-state index contributed by atoms with van der Waals surface area (Å²) in [7, 11) is 1.57. The Labute approximate surface area is 167 Å². The predicted molar refractivity (Wildman–Crippen MR) is 110 cm³/mol. The molecule has 0 bridgehead atoms. The quantitative estimate of drug-likeness (QED) is 0.774. The molecule has 0 saturated carbocycles. The molecular weight excluding hydrogens is 376 g/mol. The SMILES string of the molecule is COc1ccc(/C=C2/SC(=O)N(CC(=O)Nc3cccc(C)c3C)C2=O)cc1. The first-order chi connectivity index (χ1) is 13.4. The summed E-state index contributed by atoms with van der Waals surface area (Å²) in [6, 6.07) is 12.7. The van der Waals surface area contributed by atoms with E-state index in [0.29, 0.717) is 11.4 Å². The van der Waals surface area contributed by atoms with Crippen LogP contribution in [-0.4, -0.2) is 35.6 Å². The summed E-state index contributed by atoms with van der Waals surface area (Å²) in [5.41, 5.74) is 3.44. The van der Waals surface area contributed by atoms with Gasteiger partial charge in [0, 0.05) is 5.69 Å². The van der Waals surface area contributed by atoms with Gasteiger partial charge in [-0.15, -0.1) is 0 Å². The third-order valence-electron chi connectivity index (χ3n) is 4.47. The molecule has 0 unspecified atom stereocenters. The highest BCUT2D eigenvalue weighted by molar-refractivity contribution is 8.18. The molecule has 2 aromatic rings. The first-order valence-electron chi connectivity index (χ1n) is 8.64. The van der Waals surface area contributed by atoms with Gasteiger partial charge in [-0.3, -0.25) is 19.3 Å². The van der Waals surface area contributed by atoms with Crippen LogP contribution in [0.15, 0.2) is 47.4 Å². The molecule has 0 atom stereocenters. The smallest absolute Gasteiger partial charge is 0.294 e. The minimum absolute atomic E-state index is 0.287. The van der Waals surface area contributed by atoms with Crippen LogP contribution in [0, 0.1) is 13.8 Å². The van der Waals surface area contributed by atoms with Crippen molar-refractivity contribution in [3.63, 3.8) is 0 Å². The van der Waals surface area contributed by atoms with Crippen LogP contribution in [0.5, 0.6) is 5.75 Å². The average Bonchev–Trinajstić information content (AvgIpc) is 2.93. The van der Waals surface area contributed by atoms with E-state index in [-0.39, 0.29) is 11.4 Å². The van der Waals surface area contributed by atoms with Crippen molar-refractivity contribution in [3.05, 3.63) is 64.1 Å². The standard InChI is InChI=1S/C21H20N2O4S/c1-13-5-4-6-17(14(13)2)22-19(24)12-23-20(25)18(28-21(23)26)11-15-7-9-16(27-3)10-8-15/h4-11H,12H2,1-3H3,(H,22,24)/b18-11+. The van der Waals surface area contributed by atoms with Gasteiger partial charge in [0.15, 0.2) is 0 Å². The maximum absolute atomic E-state index is 12.6. The minimum atomic E-state index is -0.470. The van der Waals surface area contributed by atoms with Crippen molar-refractivity contribution in [2.24, 2.45) is 0 Å². The highest BCUT2D eigenvalue weighted by Gasteiger charge is 2.36. The average molecular weight is 396 g/mol. The van der Waals surface area contributed by atoms with E-state index in [1.807, 2.05) is 26.0 Å². The number of thioether (sulfide) groups is 1. The van der Waals surface area contributed by atoms with Crippen LogP contribution in [0.25, 0.3) is 6.08 Å². The number of carbonyl (C=O) groups excluding carboxylic acids is 3. The van der Waals surface area contributed by atoms with Gasteiger partial charge in [0.25, 0.3) is 11.1 Å². The number of hydrogen-bond acceptors (Lipinski definition) is 5. The summed E-state index contributed by atoms with van der Waals surface area (Å²) in [5, 5.41) is 2.31. The molecule has 1 fully saturated rings. The molecule has 0 aromatic heterocycles. The topological polar surface area (TPSA) is 75.7 Å². The van der Waals surface area contributed by atoms with Gasteiger partial charge in [0.1, 0.15) is 12.3 Å². The Balaban J connectivity index is 1.70. The number of carbonyl (C=O) groups is 3. The molecule has 0 radical (unpaired) electrons. The van der Waals surface area contributed by atoms with E-state index in [1.165, 1.54) is 0 Å². The molecule has 3 rings (SSSR count). The van der Waals surface area contributed by atoms with Gasteiger partial charge in [-0.2, -0.15) is 0 Å². The maximum atomic E-state index is 12.6. The fraction of sp³-hybridized carbons (Fsp3) is 0.190. The summed E-state index contributed by atoms with van der Waals surface area (Å²) in [6.07, 6.45) is 1.63. The minimum Gasteiger partial charge on any atom is -0.497 e. The second-order valence-corrected chi connectivity index (χ2v) is 7.33. The molecule has 1 heterocycles. The second-order valence-electron chi connectivity index (χ2n) is 6.34. The Morgan fingerprint density at radius 2 is 1.86 bits per heavy atom. The highest BCUT2D eigenvalue weighted by atomic mass is 32.2. The van der Waals surface area contributed by atoms with Gasteiger partial charge >= 0.3 is 0 Å². The van der Waals surface area contributed by atoms with Crippen molar-refractivity contribution in [2.75, 3.05) is 19.0 Å². The molecule has 0 spiro atoms. The molecular formula is C21H20N2O4S. The highest BCUT2D eigenvalue weighted by Crippen LogP contribution is 2.32. The van der Waals surface area contributed by atoms with Gasteiger partial charge in [-0.1, -0.05) is 24.3 Å². The molecule has 1 saturated heterocycles. The van der Waals surface area contributed by atoms with Gasteiger partial charge in [-0.05, 0) is 66.6 Å². The van der Waals surface area contributed by atoms with Gasteiger partial charge in [-0.25, -0.2) is 0 Å². The fourth-order valence-electron chi connectivity index (χ4n) is 2.71. The Hall–Kier alpha value is -3.06. The molecule has 2 aromatic carbocycles. The van der Waals surface area contributed by atoms with Gasteiger partial charge < -0.3 is 10.1 Å². The molecule has 3 amide bonds. The van der Waals surface area contributed by atoms with Crippen LogP contribution < -0.4 is 10.1 Å². The largest absolute Gasteiger partial charge is 0.497 e. The van der Waals surface area contributed by atoms with E-state index in [0.717, 1.165) is 33.4 Å². The Morgan fingerprint density at radius 1 is 1.14 bits per heavy atom. The van der Waals surface area contributed by atoms with Crippen LogP contribution in [0.3, 0.4) is 0 Å². The lowest BCUT2D eigenvalue weighted by Gasteiger charge is -2.14. The zero-order valence-electron chi connectivity index (χ0n) is 15.8. The number of amides is 3. The summed E-state index contributed by atoms with van der Waals surface area (Å²) in [4.78, 5) is 38.4. The van der Waals surface area contributed by atoms with E-state index in [9.17, 15) is 14.4 Å². The van der Waals surface area contributed by atoms with Crippen LogP contribution in [0.1, 0.15) is 16.7 Å². The molecule has 144 valence electrons. The lowest BCUT2D eigenvalue weighted by atomic mass is 10.1. The number of rotatable bonds is 5. The van der Waals surface area contributed by atoms with Gasteiger partial charge in [0.2, 0.25) is 5.91 Å². The lowest BCUT2D eigenvalue weighted by Crippen LogP contribution is -2.36. The fourth-order valence-corrected chi connectivity index (χ4v) is 3.55. The summed E-state index contributed by atoms with van der Waals surface area (Å²) in [5.74, 6) is -0.183. The Morgan fingerprint density at radius 3 is 2.54 bits per heavy atom. The van der Waals surface area contributed by atoms with E-state index in [4.69, 9.17) is 4.74 Å². The molecule has 6 nitrogen and oxygen atoms in total. The number of nitrogens with zero attached hydrogens (tertiary/aromatic N) is 1. The van der Waals surface area contributed by atoms with E-state index >= 15 is 0 Å². The second kappa shape index (κ2) is 8.31. The lowest BCUT2D eigenvalue weighted by molar-refractivity contribution is -0.127. The van der Waals surface area contributed by atoms with Crippen molar-refractivity contribution in [1.82, 2.24) is 4.90 Å². The van der Waals surface area contributed by atoms with Crippen molar-refractivity contribution in [3.8, 4) is 5.75 Å². The zero-order chi connectivity index (χ0) is 20.3. The van der Waals surface area contributed by atoms with Crippen LogP contribution in [-0.2, 0) is 9.59 Å². The number of imide groups is 1. The van der Waals surface area contributed by atoms with Gasteiger partial charge in [0.05, 0.1) is 12.0 Å². The Kier molecular flexibility index (Phi) is 5.84. The Bertz CT molecular complexity index is 967. The number of benzene rings is 2. The number of ether oxygens (including phenoxy) is 1. The molecule has 1 aliphatic rings. The molecule has 7 heteroatoms. The number of anilines is 1. The number of nitrogens with one attached hydrogen (secondary N) is 1. The first-order valence-corrected chi connectivity index (χ1v) is 9.46. The van der Waals surface area contributed by atoms with E-state index in [1.54, 1.807) is 43.5 Å². The molecule has 28 heavy (non-hydrogen) atoms. The monoisotopic (exact) mass is 396 g/mol. The van der Waals surface area contributed by atoms with Crippen molar-refractivity contribution in [2.45, 2.75) is 13.8 Å². The van der Waals surface area contributed by atoms with Crippen molar-refractivity contribution < 1.29 is 19.1 Å². The van der Waals surface area contributed by atoms with Crippen molar-refractivity contribution >= 4 is 40.6 Å². The van der Waals surface area contributed by atoms with Crippen LogP contribution in [0.4, 0.5) is 10.5 Å².